The molecule has 0 bridgehead atoms. The number of carboxylic acid groups (broad SMARTS) is 1. The number of aryl methyl sites for hydroxylation is 1. The lowest BCUT2D eigenvalue weighted by Gasteiger charge is -2.14. The van der Waals surface area contributed by atoms with E-state index in [1.165, 1.54) is 5.56 Å². The van der Waals surface area contributed by atoms with Crippen LogP contribution in [0.5, 0.6) is 0 Å². The highest BCUT2D eigenvalue weighted by Gasteiger charge is 2.24. The van der Waals surface area contributed by atoms with Crippen molar-refractivity contribution >= 4 is 34.5 Å². The minimum atomic E-state index is -0.858. The number of hydrogen-bond donors (Lipinski definition) is 2. The molecule has 19 heavy (non-hydrogen) atoms. The topological polar surface area (TPSA) is 54.3 Å². The van der Waals surface area contributed by atoms with E-state index in [-0.39, 0.29) is 6.04 Å². The molecule has 100 valence electrons. The molecule has 2 N–H and O–H groups in total. The first kappa shape index (κ1) is 12.4. The van der Waals surface area contributed by atoms with Gasteiger partial charge in [0.15, 0.2) is 0 Å². The van der Waals surface area contributed by atoms with Crippen molar-refractivity contribution in [2.45, 2.75) is 26.3 Å². The lowest BCUT2D eigenvalue weighted by Crippen LogP contribution is -2.13. The molecule has 3 rings (SSSR count). The van der Waals surface area contributed by atoms with Crippen molar-refractivity contribution in [3.05, 3.63) is 29.5 Å². The molecule has 1 aromatic carbocycles. The Morgan fingerprint density at radius 3 is 3.05 bits per heavy atom. The van der Waals surface area contributed by atoms with Gasteiger partial charge in [0.25, 0.3) is 0 Å². The minimum Gasteiger partial charge on any atom is -0.477 e. The standard InChI is InChI=1S/C14H16N2O2S/c1-3-9-4-5-11-13-10(9)6-12(14(17)18)16(13)8(2)7-19-15-11/h4-6,8,15H,3,7H2,1-2H3,(H,17,18). The van der Waals surface area contributed by atoms with Gasteiger partial charge in [-0.25, -0.2) is 4.79 Å². The molecule has 5 heteroatoms. The van der Waals surface area contributed by atoms with E-state index >= 15 is 0 Å². The molecule has 0 spiro atoms. The summed E-state index contributed by atoms with van der Waals surface area (Å²) in [4.78, 5) is 11.5. The van der Waals surface area contributed by atoms with E-state index in [0.29, 0.717) is 5.69 Å². The monoisotopic (exact) mass is 276 g/mol. The number of carbonyl (C=O) groups is 1. The Kier molecular flexibility index (Phi) is 2.93. The van der Waals surface area contributed by atoms with Crippen molar-refractivity contribution in [1.82, 2.24) is 4.57 Å². The maximum atomic E-state index is 11.5. The number of benzene rings is 1. The van der Waals surface area contributed by atoms with Crippen LogP contribution in [0.15, 0.2) is 18.2 Å². The normalized spacial score (nSPS) is 18.1. The summed E-state index contributed by atoms with van der Waals surface area (Å²) in [6.45, 7) is 4.16. The molecule has 0 fully saturated rings. The fourth-order valence-corrected chi connectivity index (χ4v) is 3.52. The van der Waals surface area contributed by atoms with Crippen LogP contribution in [0.1, 0.15) is 35.9 Å². The molecule has 2 heterocycles. The van der Waals surface area contributed by atoms with Gasteiger partial charge in [0.05, 0.1) is 11.2 Å². The number of aromatic nitrogens is 1. The molecular formula is C14H16N2O2S. The Balaban J connectivity index is 2.43. The van der Waals surface area contributed by atoms with E-state index in [9.17, 15) is 9.90 Å². The second kappa shape index (κ2) is 4.49. The zero-order chi connectivity index (χ0) is 13.6. The quantitative estimate of drug-likeness (QED) is 0.824. The van der Waals surface area contributed by atoms with Gasteiger partial charge in [-0.3, -0.25) is 0 Å². The van der Waals surface area contributed by atoms with E-state index in [1.54, 1.807) is 11.9 Å². The maximum Gasteiger partial charge on any atom is 0.352 e. The average Bonchev–Trinajstić information content (AvgIpc) is 2.71. The largest absolute Gasteiger partial charge is 0.477 e. The Labute approximate surface area is 115 Å². The van der Waals surface area contributed by atoms with Crippen molar-refractivity contribution in [3.63, 3.8) is 0 Å². The van der Waals surface area contributed by atoms with Crippen LogP contribution >= 0.6 is 11.9 Å². The van der Waals surface area contributed by atoms with Gasteiger partial charge in [0.2, 0.25) is 0 Å². The summed E-state index contributed by atoms with van der Waals surface area (Å²) in [5.41, 5.74) is 3.61. The molecular weight excluding hydrogens is 260 g/mol. The highest BCUT2D eigenvalue weighted by Crippen LogP contribution is 2.37. The summed E-state index contributed by atoms with van der Waals surface area (Å²) in [7, 11) is 0. The van der Waals surface area contributed by atoms with Crippen molar-refractivity contribution in [3.8, 4) is 0 Å². The Hall–Kier alpha value is -1.62. The van der Waals surface area contributed by atoms with Crippen LogP contribution in [0.25, 0.3) is 10.9 Å². The van der Waals surface area contributed by atoms with Crippen molar-refractivity contribution in [2.24, 2.45) is 0 Å². The van der Waals surface area contributed by atoms with E-state index in [2.05, 4.69) is 24.6 Å². The minimum absolute atomic E-state index is 0.162. The molecule has 0 saturated heterocycles. The molecule has 0 saturated carbocycles. The first-order valence-electron chi connectivity index (χ1n) is 6.41. The molecule has 1 atom stereocenters. The number of carboxylic acids is 1. The summed E-state index contributed by atoms with van der Waals surface area (Å²) in [5.74, 6) is -0.0110. The zero-order valence-corrected chi connectivity index (χ0v) is 11.8. The van der Waals surface area contributed by atoms with Gasteiger partial charge in [-0.05, 0) is 31.0 Å². The summed E-state index contributed by atoms with van der Waals surface area (Å²) < 4.78 is 5.28. The van der Waals surface area contributed by atoms with Gasteiger partial charge in [-0.2, -0.15) is 0 Å². The summed E-state index contributed by atoms with van der Waals surface area (Å²) in [6, 6.07) is 6.11. The van der Waals surface area contributed by atoms with E-state index in [0.717, 1.165) is 28.8 Å². The smallest absolute Gasteiger partial charge is 0.352 e. The molecule has 1 aromatic heterocycles. The van der Waals surface area contributed by atoms with Crippen LogP contribution in [0.2, 0.25) is 0 Å². The number of nitrogens with zero attached hydrogens (tertiary/aromatic N) is 1. The Morgan fingerprint density at radius 2 is 2.37 bits per heavy atom. The third kappa shape index (κ3) is 1.80. The highest BCUT2D eigenvalue weighted by molar-refractivity contribution is 8.00. The van der Waals surface area contributed by atoms with Crippen molar-refractivity contribution in [1.29, 1.82) is 0 Å². The van der Waals surface area contributed by atoms with Crippen molar-refractivity contribution < 1.29 is 9.90 Å². The molecule has 1 aliphatic heterocycles. The fourth-order valence-electron chi connectivity index (χ4n) is 2.72. The van der Waals surface area contributed by atoms with Gasteiger partial charge < -0.3 is 14.4 Å². The predicted octanol–water partition coefficient (Wildman–Crippen LogP) is 3.54. The first-order valence-corrected chi connectivity index (χ1v) is 7.40. The number of anilines is 1. The summed E-state index contributed by atoms with van der Waals surface area (Å²) in [5, 5.41) is 10.5. The van der Waals surface area contributed by atoms with Gasteiger partial charge >= 0.3 is 5.97 Å². The van der Waals surface area contributed by atoms with E-state index < -0.39 is 5.97 Å². The maximum absolute atomic E-state index is 11.5. The Bertz CT molecular complexity index is 663. The molecule has 1 unspecified atom stereocenters. The van der Waals surface area contributed by atoms with Crippen LogP contribution in [0.3, 0.4) is 0 Å². The van der Waals surface area contributed by atoms with Crippen LogP contribution in [-0.2, 0) is 6.42 Å². The molecule has 4 nitrogen and oxygen atoms in total. The molecule has 1 aliphatic rings. The lowest BCUT2D eigenvalue weighted by atomic mass is 10.1. The third-order valence-corrected chi connectivity index (χ3v) is 4.65. The van der Waals surface area contributed by atoms with Crippen LogP contribution in [0.4, 0.5) is 5.69 Å². The highest BCUT2D eigenvalue weighted by atomic mass is 32.2. The summed E-state index contributed by atoms with van der Waals surface area (Å²) >= 11 is 1.63. The SMILES string of the molecule is CCc1ccc2c3c1cc(C(=O)O)n3C(C)CSN2. The van der Waals surface area contributed by atoms with Gasteiger partial charge in [-0.1, -0.05) is 24.9 Å². The van der Waals surface area contributed by atoms with Crippen LogP contribution in [-0.4, -0.2) is 21.4 Å². The number of aromatic carboxylic acids is 1. The van der Waals surface area contributed by atoms with E-state index in [1.807, 2.05) is 16.7 Å². The van der Waals surface area contributed by atoms with Crippen LogP contribution < -0.4 is 4.72 Å². The van der Waals surface area contributed by atoms with Crippen molar-refractivity contribution in [2.75, 3.05) is 10.5 Å². The number of rotatable bonds is 2. The second-order valence-corrected chi connectivity index (χ2v) is 5.68. The fraction of sp³-hybridized carbons (Fsp3) is 0.357. The summed E-state index contributed by atoms with van der Waals surface area (Å²) in [6.07, 6.45) is 0.904. The third-order valence-electron chi connectivity index (χ3n) is 3.64. The average molecular weight is 276 g/mol. The molecule has 0 aliphatic carbocycles. The van der Waals surface area contributed by atoms with Gasteiger partial charge in [0, 0.05) is 17.2 Å². The number of hydrogen-bond acceptors (Lipinski definition) is 3. The van der Waals surface area contributed by atoms with E-state index in [4.69, 9.17) is 0 Å². The molecule has 0 radical (unpaired) electrons. The zero-order valence-electron chi connectivity index (χ0n) is 10.9. The first-order chi connectivity index (χ1) is 9.13. The second-order valence-electron chi connectivity index (χ2n) is 4.85. The van der Waals surface area contributed by atoms with Gasteiger partial charge in [-0.15, -0.1) is 0 Å². The van der Waals surface area contributed by atoms with Crippen LogP contribution in [0, 0.1) is 0 Å². The predicted molar refractivity (Wildman–Crippen MR) is 79.1 cm³/mol. The number of nitrogens with one attached hydrogen (secondary N) is 1. The van der Waals surface area contributed by atoms with Gasteiger partial charge in [0.1, 0.15) is 5.69 Å². The Morgan fingerprint density at radius 1 is 1.58 bits per heavy atom. The molecule has 0 amide bonds. The molecule has 2 aromatic rings. The lowest BCUT2D eigenvalue weighted by molar-refractivity contribution is 0.0684.